The zero-order valence-corrected chi connectivity index (χ0v) is 24.1. The van der Waals surface area contributed by atoms with Gasteiger partial charge in [-0.1, -0.05) is 60.7 Å². The van der Waals surface area contributed by atoms with Gasteiger partial charge in [0.25, 0.3) is 5.91 Å². The number of ketones is 1. The molecule has 1 saturated carbocycles. The van der Waals surface area contributed by atoms with Crippen LogP contribution in [0.15, 0.2) is 79.0 Å². The topological polar surface area (TPSA) is 118 Å². The van der Waals surface area contributed by atoms with E-state index in [9.17, 15) is 28.0 Å². The van der Waals surface area contributed by atoms with Crippen molar-refractivity contribution in [2.45, 2.75) is 75.7 Å². The summed E-state index contributed by atoms with van der Waals surface area (Å²) in [6.45, 7) is 0.0986. The van der Waals surface area contributed by atoms with E-state index in [-0.39, 0.29) is 51.6 Å². The molecule has 0 saturated heterocycles. The van der Waals surface area contributed by atoms with Gasteiger partial charge in [-0.3, -0.25) is 24.3 Å². The van der Waals surface area contributed by atoms with E-state index in [0.717, 1.165) is 16.7 Å². The first kappa shape index (κ1) is 30.8. The van der Waals surface area contributed by atoms with Gasteiger partial charge in [0.15, 0.2) is 0 Å². The molecule has 1 aromatic heterocycles. The van der Waals surface area contributed by atoms with Crippen molar-refractivity contribution >= 4 is 23.7 Å². The Bertz CT molecular complexity index is 1480. The molecule has 9 nitrogen and oxygen atoms in total. The number of hydrogen-bond acceptors (Lipinski definition) is 6. The van der Waals surface area contributed by atoms with Crippen molar-refractivity contribution in [3.63, 3.8) is 0 Å². The highest BCUT2D eigenvalue weighted by atomic mass is 19.3. The molecule has 2 aliphatic rings. The third-order valence-electron chi connectivity index (χ3n) is 8.01. The summed E-state index contributed by atoms with van der Waals surface area (Å²) >= 11 is 0. The molecule has 44 heavy (non-hydrogen) atoms. The largest absolute Gasteiger partial charge is 0.446 e. The number of carbonyl (C=O) groups excluding carboxylic acids is 4. The number of benzene rings is 2. The normalized spacial score (nSPS) is 18.4. The molecule has 1 aliphatic heterocycles. The third kappa shape index (κ3) is 7.83. The van der Waals surface area contributed by atoms with E-state index in [1.165, 1.54) is 4.90 Å². The first-order chi connectivity index (χ1) is 21.2. The van der Waals surface area contributed by atoms with Crippen LogP contribution in [0.4, 0.5) is 13.6 Å². The van der Waals surface area contributed by atoms with Gasteiger partial charge in [0.2, 0.25) is 17.6 Å². The van der Waals surface area contributed by atoms with Crippen LogP contribution in [0.2, 0.25) is 0 Å². The highest BCUT2D eigenvalue weighted by Gasteiger charge is 2.41. The van der Waals surface area contributed by atoms with Gasteiger partial charge in [0, 0.05) is 31.9 Å². The smallest absolute Gasteiger partial charge is 0.411 e. The van der Waals surface area contributed by atoms with Crippen LogP contribution in [0.25, 0.3) is 0 Å². The number of hydrogen-bond donors (Lipinski definition) is 2. The van der Waals surface area contributed by atoms with Crippen LogP contribution in [-0.4, -0.2) is 57.7 Å². The van der Waals surface area contributed by atoms with E-state index in [0.29, 0.717) is 5.69 Å². The zero-order chi connectivity index (χ0) is 31.1. The van der Waals surface area contributed by atoms with Crippen LogP contribution in [0.5, 0.6) is 0 Å². The van der Waals surface area contributed by atoms with Gasteiger partial charge >= 0.3 is 6.09 Å². The van der Waals surface area contributed by atoms with Crippen LogP contribution >= 0.6 is 0 Å². The standard InChI is InChI=1S/C33H34F2N4O5/c34-33(35)15-13-26(14-16-33)44-32(43)39-21-24-11-5-4-10-23(24)19-28(39)30(41)38-27(18-22-8-2-1-3-9-22)29(40)31(42)37-20-25-12-6-7-17-36-25/h1-12,17,26-28H,13-16,18-21H2,(H,37,42)(H,38,41)/t27-,28-/m1/s1. The lowest BCUT2D eigenvalue weighted by molar-refractivity contribution is -0.140. The van der Waals surface area contributed by atoms with Crippen molar-refractivity contribution in [1.29, 1.82) is 0 Å². The molecular weight excluding hydrogens is 570 g/mol. The molecule has 0 radical (unpaired) electrons. The van der Waals surface area contributed by atoms with E-state index in [2.05, 4.69) is 15.6 Å². The lowest BCUT2D eigenvalue weighted by atomic mass is 9.93. The molecule has 230 valence electrons. The molecule has 2 heterocycles. The number of pyridine rings is 1. The van der Waals surface area contributed by atoms with Gasteiger partial charge in [0.1, 0.15) is 18.2 Å². The van der Waals surface area contributed by atoms with Crippen molar-refractivity contribution in [3.05, 3.63) is 101 Å². The van der Waals surface area contributed by atoms with Gasteiger partial charge in [-0.25, -0.2) is 13.6 Å². The van der Waals surface area contributed by atoms with Crippen LogP contribution in [0.3, 0.4) is 0 Å². The number of rotatable bonds is 9. The zero-order valence-electron chi connectivity index (χ0n) is 24.1. The van der Waals surface area contributed by atoms with E-state index < -0.39 is 47.8 Å². The van der Waals surface area contributed by atoms with Gasteiger partial charge in [-0.15, -0.1) is 0 Å². The average Bonchev–Trinajstić information content (AvgIpc) is 3.04. The van der Waals surface area contributed by atoms with Crippen molar-refractivity contribution in [3.8, 4) is 0 Å². The quantitative estimate of drug-likeness (QED) is 0.355. The summed E-state index contributed by atoms with van der Waals surface area (Å²) in [7, 11) is 0. The molecule has 1 aliphatic carbocycles. The minimum absolute atomic E-state index is 0.0291. The molecule has 0 unspecified atom stereocenters. The number of amides is 3. The fraction of sp³-hybridized carbons (Fsp3) is 0.364. The van der Waals surface area contributed by atoms with E-state index >= 15 is 0 Å². The Balaban J connectivity index is 1.33. The summed E-state index contributed by atoms with van der Waals surface area (Å²) in [6, 6.07) is 19.3. The first-order valence-corrected chi connectivity index (χ1v) is 14.7. The summed E-state index contributed by atoms with van der Waals surface area (Å²) in [6.07, 6.45) is -0.378. The third-order valence-corrected chi connectivity index (χ3v) is 8.01. The monoisotopic (exact) mass is 604 g/mol. The van der Waals surface area contributed by atoms with E-state index in [1.54, 1.807) is 48.7 Å². The second-order valence-corrected chi connectivity index (χ2v) is 11.2. The molecule has 5 rings (SSSR count). The number of Topliss-reactive ketones (excluding diaryl/α,β-unsaturated/α-hetero) is 1. The van der Waals surface area contributed by atoms with Crippen molar-refractivity contribution < 1.29 is 32.7 Å². The van der Waals surface area contributed by atoms with Crippen molar-refractivity contribution in [2.75, 3.05) is 0 Å². The molecule has 3 aromatic rings. The molecule has 3 amide bonds. The maximum absolute atomic E-state index is 13.9. The number of halogens is 2. The molecular formula is C33H34F2N4O5. The van der Waals surface area contributed by atoms with Crippen LogP contribution in [0, 0.1) is 0 Å². The number of carbonyl (C=O) groups is 4. The molecule has 0 spiro atoms. The number of aromatic nitrogens is 1. The van der Waals surface area contributed by atoms with E-state index in [4.69, 9.17) is 4.74 Å². The highest BCUT2D eigenvalue weighted by Crippen LogP contribution is 2.35. The Morgan fingerprint density at radius 1 is 0.932 bits per heavy atom. The van der Waals surface area contributed by atoms with Crippen LogP contribution in [-0.2, 0) is 45.1 Å². The molecule has 2 aromatic carbocycles. The lowest BCUT2D eigenvalue weighted by Crippen LogP contribution is -2.57. The molecule has 2 atom stereocenters. The lowest BCUT2D eigenvalue weighted by Gasteiger charge is -2.37. The Hall–Kier alpha value is -4.67. The minimum Gasteiger partial charge on any atom is -0.446 e. The molecule has 11 heteroatoms. The molecule has 1 fully saturated rings. The average molecular weight is 605 g/mol. The number of alkyl halides is 2. The Morgan fingerprint density at radius 2 is 1.61 bits per heavy atom. The Labute approximate surface area is 254 Å². The summed E-state index contributed by atoms with van der Waals surface area (Å²) < 4.78 is 33.0. The SMILES string of the molecule is O=C(NCc1ccccn1)C(=O)[C@@H](Cc1ccccc1)NC(=O)[C@H]1Cc2ccccc2CN1C(=O)OC1CCC(F)(F)CC1. The maximum Gasteiger partial charge on any atom is 0.411 e. The maximum atomic E-state index is 13.9. The number of ether oxygens (including phenoxy) is 1. The minimum atomic E-state index is -2.78. The summed E-state index contributed by atoms with van der Waals surface area (Å²) in [5, 5.41) is 5.30. The van der Waals surface area contributed by atoms with Gasteiger partial charge in [-0.2, -0.15) is 0 Å². The van der Waals surface area contributed by atoms with Crippen LogP contribution in [0.1, 0.15) is 48.1 Å². The van der Waals surface area contributed by atoms with Gasteiger partial charge in [-0.05, 0) is 41.7 Å². The number of nitrogens with one attached hydrogen (secondary N) is 2. The predicted octanol–water partition coefficient (Wildman–Crippen LogP) is 4.14. The summed E-state index contributed by atoms with van der Waals surface area (Å²) in [5.74, 6) is -5.12. The molecule has 2 N–H and O–H groups in total. The fourth-order valence-corrected chi connectivity index (χ4v) is 5.54. The van der Waals surface area contributed by atoms with Gasteiger partial charge < -0.3 is 15.4 Å². The second-order valence-electron chi connectivity index (χ2n) is 11.2. The van der Waals surface area contributed by atoms with Crippen molar-refractivity contribution in [2.24, 2.45) is 0 Å². The Morgan fingerprint density at radius 3 is 2.32 bits per heavy atom. The number of fused-ring (bicyclic) bond motifs is 1. The fourth-order valence-electron chi connectivity index (χ4n) is 5.54. The highest BCUT2D eigenvalue weighted by molar-refractivity contribution is 6.38. The second kappa shape index (κ2) is 13.7. The first-order valence-electron chi connectivity index (χ1n) is 14.7. The van der Waals surface area contributed by atoms with Crippen LogP contribution < -0.4 is 10.6 Å². The number of nitrogens with zero attached hydrogens (tertiary/aromatic N) is 2. The van der Waals surface area contributed by atoms with Crippen molar-refractivity contribution in [1.82, 2.24) is 20.5 Å². The predicted molar refractivity (Wildman–Crippen MR) is 156 cm³/mol. The van der Waals surface area contributed by atoms with Gasteiger partial charge in [0.05, 0.1) is 18.8 Å². The van der Waals surface area contributed by atoms with E-state index in [1.807, 2.05) is 30.3 Å². The molecule has 0 bridgehead atoms. The summed E-state index contributed by atoms with van der Waals surface area (Å²) in [5.41, 5.74) is 2.97. The Kier molecular flexibility index (Phi) is 9.62. The summed E-state index contributed by atoms with van der Waals surface area (Å²) in [4.78, 5) is 59.0.